The molecule has 0 spiro atoms. The first kappa shape index (κ1) is 26.4. The highest BCUT2D eigenvalue weighted by atomic mass is 16.6. The van der Waals surface area contributed by atoms with Gasteiger partial charge in [0.05, 0.1) is 16.8 Å². The molecule has 2 aromatic carbocycles. The van der Waals surface area contributed by atoms with E-state index in [1.165, 1.54) is 24.8 Å². The number of carbonyl (C=O) groups is 2. The number of hydrogen-bond donors (Lipinski definition) is 1. The fourth-order valence-electron chi connectivity index (χ4n) is 5.71. The second kappa shape index (κ2) is 10.9. The monoisotopic (exact) mass is 517 g/mol. The van der Waals surface area contributed by atoms with Crippen LogP contribution in [-0.2, 0) is 29.0 Å². The molecule has 0 unspecified atom stereocenters. The molecule has 0 saturated carbocycles. The van der Waals surface area contributed by atoms with Gasteiger partial charge in [-0.15, -0.1) is 0 Å². The maximum Gasteiger partial charge on any atom is 0.419 e. The van der Waals surface area contributed by atoms with Crippen molar-refractivity contribution in [1.82, 2.24) is 14.8 Å². The molecule has 5 rings (SSSR count). The Bertz CT molecular complexity index is 1350. The quantitative estimate of drug-likeness (QED) is 0.395. The number of amides is 1. The average Bonchev–Trinajstić information content (AvgIpc) is 3.45. The molecule has 0 radical (unpaired) electrons. The molecule has 202 valence electrons. The van der Waals surface area contributed by atoms with Crippen molar-refractivity contribution in [1.29, 1.82) is 0 Å². The van der Waals surface area contributed by atoms with Crippen molar-refractivity contribution in [2.45, 2.75) is 71.6 Å². The Hall–Kier alpha value is -3.16. The predicted molar refractivity (Wildman–Crippen MR) is 150 cm³/mol. The number of ether oxygens (including phenoxy) is 2. The first-order chi connectivity index (χ1) is 18.2. The van der Waals surface area contributed by atoms with Gasteiger partial charge >= 0.3 is 6.09 Å². The van der Waals surface area contributed by atoms with Crippen molar-refractivity contribution in [3.8, 4) is 11.3 Å². The summed E-state index contributed by atoms with van der Waals surface area (Å²) in [5, 5.41) is 3.97. The molecule has 38 heavy (non-hydrogen) atoms. The van der Waals surface area contributed by atoms with Crippen LogP contribution in [0.5, 0.6) is 0 Å². The fraction of sp³-hybridized carbons (Fsp3) is 0.484. The minimum atomic E-state index is -0.649. The second-order valence-corrected chi connectivity index (χ2v) is 11.5. The van der Waals surface area contributed by atoms with Gasteiger partial charge in [-0.3, -0.25) is 9.69 Å². The summed E-state index contributed by atoms with van der Waals surface area (Å²) in [6, 6.07) is 12.4. The van der Waals surface area contributed by atoms with Crippen LogP contribution >= 0.6 is 0 Å². The topological polar surface area (TPSA) is 72.8 Å². The second-order valence-electron chi connectivity index (χ2n) is 11.5. The molecular weight excluding hydrogens is 478 g/mol. The summed E-state index contributed by atoms with van der Waals surface area (Å²) in [6.07, 6.45) is 5.07. The lowest BCUT2D eigenvalue weighted by Gasteiger charge is -2.26. The van der Waals surface area contributed by atoms with Gasteiger partial charge in [0.1, 0.15) is 5.60 Å². The molecule has 1 amide bonds. The largest absolute Gasteiger partial charge is 0.443 e. The number of likely N-dealkylation sites (tertiary alicyclic amines) is 1. The van der Waals surface area contributed by atoms with Crippen LogP contribution in [0.15, 0.2) is 36.4 Å². The van der Waals surface area contributed by atoms with Crippen molar-refractivity contribution in [2.75, 3.05) is 26.8 Å². The smallest absolute Gasteiger partial charge is 0.419 e. The van der Waals surface area contributed by atoms with Gasteiger partial charge in [-0.05, 0) is 94.4 Å². The molecule has 3 aromatic rings. The molecule has 2 aliphatic heterocycles. The number of aryl methyl sites for hydroxylation is 1. The van der Waals surface area contributed by atoms with E-state index in [0.717, 1.165) is 60.1 Å². The third-order valence-electron chi connectivity index (χ3n) is 7.43. The summed E-state index contributed by atoms with van der Waals surface area (Å²) < 4.78 is 12.7. The molecule has 1 fully saturated rings. The number of nitrogens with one attached hydrogen (secondary N) is 1. The van der Waals surface area contributed by atoms with Gasteiger partial charge in [-0.2, -0.15) is 0 Å². The van der Waals surface area contributed by atoms with Crippen LogP contribution in [0.2, 0.25) is 0 Å². The molecule has 0 aliphatic carbocycles. The molecule has 1 N–H and O–H groups in total. The highest BCUT2D eigenvalue weighted by Crippen LogP contribution is 2.36. The number of benzene rings is 2. The number of nitrogens with zero attached hydrogens (tertiary/aromatic N) is 2. The Labute approximate surface area is 225 Å². The molecule has 0 atom stereocenters. The van der Waals surface area contributed by atoms with Gasteiger partial charge in [0, 0.05) is 37.8 Å². The molecule has 7 heteroatoms. The van der Waals surface area contributed by atoms with Crippen LogP contribution in [0.3, 0.4) is 0 Å². The third-order valence-corrected chi connectivity index (χ3v) is 7.43. The van der Waals surface area contributed by atoms with Gasteiger partial charge < -0.3 is 14.8 Å². The molecule has 3 heterocycles. The minimum absolute atomic E-state index is 0.102. The predicted octanol–water partition coefficient (Wildman–Crippen LogP) is 5.90. The van der Waals surface area contributed by atoms with Crippen LogP contribution in [0.1, 0.15) is 73.5 Å². The van der Waals surface area contributed by atoms with Crippen molar-refractivity contribution < 1.29 is 19.1 Å². The molecular formula is C31H39N3O4. The van der Waals surface area contributed by atoms with E-state index in [1.807, 2.05) is 39.0 Å². The van der Waals surface area contributed by atoms with Crippen LogP contribution in [0, 0.1) is 0 Å². The lowest BCUT2D eigenvalue weighted by Crippen LogP contribution is -2.29. The van der Waals surface area contributed by atoms with E-state index >= 15 is 0 Å². The number of aromatic nitrogens is 1. The number of carbonyl (C=O) groups excluding carboxylic acids is 2. The summed E-state index contributed by atoms with van der Waals surface area (Å²) >= 11 is 0. The van der Waals surface area contributed by atoms with E-state index in [1.54, 1.807) is 11.7 Å². The van der Waals surface area contributed by atoms with E-state index in [9.17, 15) is 9.59 Å². The first-order valence-corrected chi connectivity index (χ1v) is 13.8. The lowest BCUT2D eigenvalue weighted by atomic mass is 9.93. The number of piperidine rings is 1. The van der Waals surface area contributed by atoms with Crippen LogP contribution in [0.4, 0.5) is 4.79 Å². The van der Waals surface area contributed by atoms with Gasteiger partial charge in [-0.25, -0.2) is 9.36 Å². The summed E-state index contributed by atoms with van der Waals surface area (Å²) in [7, 11) is 1.70. The van der Waals surface area contributed by atoms with E-state index in [0.29, 0.717) is 24.4 Å². The zero-order valence-electron chi connectivity index (χ0n) is 23.1. The number of rotatable bonds is 7. The standard InChI is InChI=1S/C31H39N3O4/c1-31(2,3)38-30(36)34-26-13-10-21(20-33-14-6-5-7-15-33)17-23(26)18-27(34)24-12-11-22(9-8-16-37-4)25-19-32-29(35)28(24)25/h10-13,17-18H,5-9,14-16,19-20H2,1-4H3,(H,32,35). The Morgan fingerprint density at radius 1 is 1.05 bits per heavy atom. The number of hydrogen-bond acceptors (Lipinski definition) is 5. The van der Waals surface area contributed by atoms with Crippen molar-refractivity contribution in [3.05, 3.63) is 58.7 Å². The molecule has 2 aliphatic rings. The summed E-state index contributed by atoms with van der Waals surface area (Å²) in [5.41, 5.74) is 5.60. The van der Waals surface area contributed by atoms with E-state index < -0.39 is 11.7 Å². The zero-order chi connectivity index (χ0) is 26.9. The SMILES string of the molecule is COCCCc1ccc(-c2cc3cc(CN4CCCCC4)ccc3n2C(=O)OC(C)(C)C)c2c1CNC2=O. The van der Waals surface area contributed by atoms with Crippen molar-refractivity contribution >= 4 is 22.9 Å². The van der Waals surface area contributed by atoms with Crippen LogP contribution < -0.4 is 5.32 Å². The van der Waals surface area contributed by atoms with Crippen LogP contribution in [0.25, 0.3) is 22.2 Å². The summed E-state index contributed by atoms with van der Waals surface area (Å²) in [4.78, 5) is 29.1. The molecule has 1 aromatic heterocycles. The summed E-state index contributed by atoms with van der Waals surface area (Å²) in [6.45, 7) is 9.92. The Balaban J connectivity index is 1.60. The maximum absolute atomic E-state index is 13.6. The van der Waals surface area contributed by atoms with E-state index in [2.05, 4.69) is 28.4 Å². The highest BCUT2D eigenvalue weighted by molar-refractivity contribution is 6.07. The Kier molecular flexibility index (Phi) is 7.59. The number of methoxy groups -OCH3 is 1. The van der Waals surface area contributed by atoms with Gasteiger partial charge in [0.15, 0.2) is 0 Å². The summed E-state index contributed by atoms with van der Waals surface area (Å²) in [5.74, 6) is -0.102. The third kappa shape index (κ3) is 5.49. The lowest BCUT2D eigenvalue weighted by molar-refractivity contribution is 0.0547. The van der Waals surface area contributed by atoms with E-state index in [4.69, 9.17) is 9.47 Å². The molecule has 1 saturated heterocycles. The number of fused-ring (bicyclic) bond motifs is 2. The van der Waals surface area contributed by atoms with Crippen molar-refractivity contribution in [3.63, 3.8) is 0 Å². The minimum Gasteiger partial charge on any atom is -0.443 e. The normalized spacial score (nSPS) is 16.1. The Morgan fingerprint density at radius 3 is 2.58 bits per heavy atom. The maximum atomic E-state index is 13.6. The fourth-order valence-corrected chi connectivity index (χ4v) is 5.71. The average molecular weight is 518 g/mol. The Morgan fingerprint density at radius 2 is 1.84 bits per heavy atom. The highest BCUT2D eigenvalue weighted by Gasteiger charge is 2.30. The zero-order valence-corrected chi connectivity index (χ0v) is 23.1. The van der Waals surface area contributed by atoms with Crippen LogP contribution in [-0.4, -0.2) is 53.9 Å². The first-order valence-electron chi connectivity index (χ1n) is 13.8. The van der Waals surface area contributed by atoms with Crippen molar-refractivity contribution in [2.24, 2.45) is 0 Å². The van der Waals surface area contributed by atoms with Gasteiger partial charge in [0.25, 0.3) is 5.91 Å². The van der Waals surface area contributed by atoms with Gasteiger partial charge in [0.2, 0.25) is 0 Å². The van der Waals surface area contributed by atoms with Gasteiger partial charge in [-0.1, -0.05) is 24.6 Å². The van der Waals surface area contributed by atoms with E-state index in [-0.39, 0.29) is 5.91 Å². The molecule has 0 bridgehead atoms. The molecule has 7 nitrogen and oxygen atoms in total.